The molecular formula is C19H13F5N2O2S2. The standard InChI is InChI=1S/C19H13F5N2O2S2/c1-10-25-15(16(20)21)17(29-10)28-18(27)26-14-8-3-2-7-13(14)11-5-4-6-12(9-11)30-19(22,23)24/h2-9,16H,1H3,(H,26,27). The Balaban J connectivity index is 1.83. The number of thiazole rings is 1. The van der Waals surface area contributed by atoms with Crippen LogP contribution in [0, 0.1) is 6.92 Å². The van der Waals surface area contributed by atoms with Gasteiger partial charge in [-0.05, 0) is 42.4 Å². The smallest absolute Gasteiger partial charge is 0.397 e. The molecule has 0 bridgehead atoms. The van der Waals surface area contributed by atoms with Gasteiger partial charge in [0.15, 0.2) is 5.69 Å². The summed E-state index contributed by atoms with van der Waals surface area (Å²) in [7, 11) is 0. The van der Waals surface area contributed by atoms with Gasteiger partial charge in [-0.3, -0.25) is 5.32 Å². The topological polar surface area (TPSA) is 51.2 Å². The highest BCUT2D eigenvalue weighted by Crippen LogP contribution is 2.39. The van der Waals surface area contributed by atoms with E-state index in [0.29, 0.717) is 16.1 Å². The van der Waals surface area contributed by atoms with Crippen LogP contribution in [0.1, 0.15) is 17.1 Å². The number of halogens is 5. The van der Waals surface area contributed by atoms with Gasteiger partial charge in [-0.15, -0.1) is 0 Å². The minimum Gasteiger partial charge on any atom is -0.397 e. The fourth-order valence-electron chi connectivity index (χ4n) is 2.56. The average Bonchev–Trinajstić information content (AvgIpc) is 3.01. The second-order valence-electron chi connectivity index (χ2n) is 5.84. The summed E-state index contributed by atoms with van der Waals surface area (Å²) < 4.78 is 69.0. The number of carbonyl (C=O) groups excluding carboxylic acids is 1. The number of para-hydroxylation sites is 1. The molecule has 3 rings (SSSR count). The van der Waals surface area contributed by atoms with Crippen molar-refractivity contribution in [3.05, 3.63) is 59.2 Å². The number of alkyl halides is 5. The molecule has 2 aromatic carbocycles. The Morgan fingerprint density at radius 3 is 2.60 bits per heavy atom. The lowest BCUT2D eigenvalue weighted by Crippen LogP contribution is -2.17. The third kappa shape index (κ3) is 5.70. The van der Waals surface area contributed by atoms with Crippen molar-refractivity contribution in [3.63, 3.8) is 0 Å². The second-order valence-corrected chi connectivity index (χ2v) is 8.15. The Hall–Kier alpha value is -2.66. The van der Waals surface area contributed by atoms with Gasteiger partial charge >= 0.3 is 11.6 Å². The fourth-order valence-corrected chi connectivity index (χ4v) is 3.93. The number of nitrogens with one attached hydrogen (secondary N) is 1. The number of hydrogen-bond acceptors (Lipinski definition) is 5. The number of rotatable bonds is 5. The van der Waals surface area contributed by atoms with E-state index in [4.69, 9.17) is 4.74 Å². The van der Waals surface area contributed by atoms with E-state index in [1.165, 1.54) is 31.2 Å². The molecule has 0 saturated carbocycles. The van der Waals surface area contributed by atoms with E-state index in [1.807, 2.05) is 0 Å². The normalized spacial score (nSPS) is 11.6. The predicted molar refractivity (Wildman–Crippen MR) is 105 cm³/mol. The molecule has 0 atom stereocenters. The highest BCUT2D eigenvalue weighted by molar-refractivity contribution is 8.00. The van der Waals surface area contributed by atoms with Crippen LogP contribution in [-0.2, 0) is 0 Å². The van der Waals surface area contributed by atoms with Crippen LogP contribution in [0.3, 0.4) is 0 Å². The van der Waals surface area contributed by atoms with Gasteiger partial charge in [0.2, 0.25) is 5.06 Å². The zero-order chi connectivity index (χ0) is 21.9. The maximum absolute atomic E-state index is 13.0. The number of aryl methyl sites for hydroxylation is 1. The van der Waals surface area contributed by atoms with Crippen LogP contribution in [0.4, 0.5) is 32.4 Å². The first-order chi connectivity index (χ1) is 14.1. The Labute approximate surface area is 176 Å². The molecule has 0 aliphatic heterocycles. The van der Waals surface area contributed by atoms with Crippen molar-refractivity contribution in [2.45, 2.75) is 23.8 Å². The molecule has 158 valence electrons. The van der Waals surface area contributed by atoms with E-state index in [1.54, 1.807) is 24.3 Å². The summed E-state index contributed by atoms with van der Waals surface area (Å²) in [5.41, 5.74) is -3.94. The molecule has 0 radical (unpaired) electrons. The van der Waals surface area contributed by atoms with Crippen molar-refractivity contribution in [1.29, 1.82) is 0 Å². The molecule has 30 heavy (non-hydrogen) atoms. The quantitative estimate of drug-likeness (QED) is 0.321. The summed E-state index contributed by atoms with van der Waals surface area (Å²) in [6.07, 6.45) is -3.92. The van der Waals surface area contributed by atoms with Gasteiger partial charge in [-0.25, -0.2) is 18.6 Å². The van der Waals surface area contributed by atoms with E-state index in [2.05, 4.69) is 10.3 Å². The summed E-state index contributed by atoms with van der Waals surface area (Å²) >= 11 is 0.555. The molecule has 4 nitrogen and oxygen atoms in total. The summed E-state index contributed by atoms with van der Waals surface area (Å²) in [6, 6.07) is 12.1. The third-order valence-corrected chi connectivity index (χ3v) is 5.25. The first kappa shape index (κ1) is 22.0. The van der Waals surface area contributed by atoms with Crippen LogP contribution in [0.15, 0.2) is 53.4 Å². The summed E-state index contributed by atoms with van der Waals surface area (Å²) in [5, 5.41) is 2.44. The van der Waals surface area contributed by atoms with Crippen LogP contribution in [-0.4, -0.2) is 16.6 Å². The number of nitrogens with zero attached hydrogens (tertiary/aromatic N) is 1. The lowest BCUT2D eigenvalue weighted by atomic mass is 10.0. The molecule has 1 N–H and O–H groups in total. The summed E-state index contributed by atoms with van der Waals surface area (Å²) in [5.74, 6) is 0. The minimum atomic E-state index is -4.44. The number of carbonyl (C=O) groups is 1. The van der Waals surface area contributed by atoms with E-state index in [0.717, 1.165) is 11.3 Å². The number of thioether (sulfide) groups is 1. The van der Waals surface area contributed by atoms with E-state index < -0.39 is 23.7 Å². The largest absolute Gasteiger partial charge is 0.446 e. The molecule has 0 aliphatic rings. The Bertz CT molecular complexity index is 1050. The maximum atomic E-state index is 13.0. The lowest BCUT2D eigenvalue weighted by molar-refractivity contribution is -0.0328. The van der Waals surface area contributed by atoms with Gasteiger partial charge in [0.1, 0.15) is 0 Å². The number of ether oxygens (including phenoxy) is 1. The van der Waals surface area contributed by atoms with Crippen molar-refractivity contribution in [3.8, 4) is 16.2 Å². The number of benzene rings is 2. The second kappa shape index (κ2) is 9.00. The molecule has 0 unspecified atom stereocenters. The van der Waals surface area contributed by atoms with Gasteiger partial charge < -0.3 is 4.74 Å². The SMILES string of the molecule is Cc1nc(C(F)F)c(OC(=O)Nc2ccccc2-c2cccc(SC(F)(F)F)c2)s1. The van der Waals surface area contributed by atoms with Crippen LogP contribution >= 0.6 is 23.1 Å². The number of anilines is 1. The van der Waals surface area contributed by atoms with Gasteiger partial charge in [-0.1, -0.05) is 41.7 Å². The molecule has 3 aromatic rings. The third-order valence-electron chi connectivity index (χ3n) is 3.66. The van der Waals surface area contributed by atoms with Gasteiger partial charge in [0, 0.05) is 10.5 Å². The Morgan fingerprint density at radius 1 is 1.17 bits per heavy atom. The summed E-state index contributed by atoms with van der Waals surface area (Å²) in [4.78, 5) is 15.9. The van der Waals surface area contributed by atoms with Crippen LogP contribution < -0.4 is 10.1 Å². The minimum absolute atomic E-state index is 0.0147. The monoisotopic (exact) mass is 460 g/mol. The van der Waals surface area contributed by atoms with Crippen molar-refractivity contribution >= 4 is 34.9 Å². The Morgan fingerprint density at radius 2 is 1.90 bits per heavy atom. The van der Waals surface area contributed by atoms with Gasteiger partial charge in [-0.2, -0.15) is 13.2 Å². The van der Waals surface area contributed by atoms with Crippen LogP contribution in [0.25, 0.3) is 11.1 Å². The van der Waals surface area contributed by atoms with Crippen molar-refractivity contribution in [2.75, 3.05) is 5.32 Å². The average molecular weight is 460 g/mol. The number of hydrogen-bond donors (Lipinski definition) is 1. The molecule has 1 heterocycles. The van der Waals surface area contributed by atoms with Crippen molar-refractivity contribution in [2.24, 2.45) is 0 Å². The highest BCUT2D eigenvalue weighted by Gasteiger charge is 2.29. The fraction of sp³-hybridized carbons (Fsp3) is 0.158. The highest BCUT2D eigenvalue weighted by atomic mass is 32.2. The molecule has 0 fully saturated rings. The summed E-state index contributed by atoms with van der Waals surface area (Å²) in [6.45, 7) is 1.50. The van der Waals surface area contributed by atoms with Crippen LogP contribution in [0.2, 0.25) is 0 Å². The molecule has 0 spiro atoms. The van der Waals surface area contributed by atoms with Crippen LogP contribution in [0.5, 0.6) is 5.06 Å². The van der Waals surface area contributed by atoms with E-state index in [-0.39, 0.29) is 27.4 Å². The molecular weight excluding hydrogens is 447 g/mol. The van der Waals surface area contributed by atoms with E-state index >= 15 is 0 Å². The number of amides is 1. The van der Waals surface area contributed by atoms with Gasteiger partial charge in [0.25, 0.3) is 6.43 Å². The molecule has 1 amide bonds. The zero-order valence-electron chi connectivity index (χ0n) is 15.2. The zero-order valence-corrected chi connectivity index (χ0v) is 16.8. The van der Waals surface area contributed by atoms with Crippen molar-refractivity contribution in [1.82, 2.24) is 4.98 Å². The lowest BCUT2D eigenvalue weighted by Gasteiger charge is -2.12. The van der Waals surface area contributed by atoms with Gasteiger partial charge in [0.05, 0.1) is 10.7 Å². The van der Waals surface area contributed by atoms with Crippen molar-refractivity contribution < 1.29 is 31.5 Å². The molecule has 1 aromatic heterocycles. The maximum Gasteiger partial charge on any atom is 0.446 e. The Kier molecular flexibility index (Phi) is 6.61. The van der Waals surface area contributed by atoms with E-state index in [9.17, 15) is 26.7 Å². The first-order valence-electron chi connectivity index (χ1n) is 8.32. The molecule has 0 aliphatic carbocycles. The number of aromatic nitrogens is 1. The predicted octanol–water partition coefficient (Wildman–Crippen LogP) is 7.28. The first-order valence-corrected chi connectivity index (χ1v) is 9.95. The molecule has 11 heteroatoms. The molecule has 0 saturated heterocycles.